The van der Waals surface area contributed by atoms with E-state index in [2.05, 4.69) is 12.2 Å². The maximum Gasteiger partial charge on any atom is 0.225 e. The summed E-state index contributed by atoms with van der Waals surface area (Å²) >= 11 is 0. The van der Waals surface area contributed by atoms with E-state index in [-0.39, 0.29) is 23.2 Å². The number of nitrogens with one attached hydrogen (secondary N) is 1. The Morgan fingerprint density at radius 3 is 2.38 bits per heavy atom. The van der Waals surface area contributed by atoms with Gasteiger partial charge in [0, 0.05) is 19.3 Å². The smallest absolute Gasteiger partial charge is 0.225 e. The van der Waals surface area contributed by atoms with Crippen molar-refractivity contribution >= 4 is 28.2 Å². The molecule has 2 rings (SSSR count). The van der Waals surface area contributed by atoms with Crippen molar-refractivity contribution < 1.29 is 17.9 Å². The lowest BCUT2D eigenvalue weighted by Crippen LogP contribution is -2.41. The van der Waals surface area contributed by atoms with Crippen molar-refractivity contribution in [3.05, 3.63) is 24.3 Å². The van der Waals surface area contributed by atoms with E-state index in [4.69, 9.17) is 4.74 Å². The Morgan fingerprint density at radius 1 is 1.23 bits per heavy atom. The number of nitrogens with zero attached hydrogens (tertiary/aromatic N) is 1. The first-order valence-electron chi connectivity index (χ1n) is 8.81. The molecule has 0 saturated carbocycles. The van der Waals surface area contributed by atoms with Crippen LogP contribution in [0.5, 0.6) is 5.75 Å². The van der Waals surface area contributed by atoms with Gasteiger partial charge in [-0.2, -0.15) is 0 Å². The number of rotatable bonds is 8. The highest BCUT2D eigenvalue weighted by atomic mass is 35.5. The highest BCUT2D eigenvalue weighted by Gasteiger charge is 2.22. The molecule has 1 aliphatic rings. The van der Waals surface area contributed by atoms with E-state index in [0.29, 0.717) is 24.7 Å². The summed E-state index contributed by atoms with van der Waals surface area (Å²) in [6, 6.07) is 6.27. The summed E-state index contributed by atoms with van der Waals surface area (Å²) in [7, 11) is -3.20. The summed E-state index contributed by atoms with van der Waals surface area (Å²) in [6.45, 7) is 6.06. The minimum atomic E-state index is -3.20. The molecular formula is C18H29ClN2O4S. The normalized spacial score (nSPS) is 15.4. The second-order valence-electron chi connectivity index (χ2n) is 6.47. The summed E-state index contributed by atoms with van der Waals surface area (Å²) in [4.78, 5) is 14.4. The maximum absolute atomic E-state index is 12.2. The first kappa shape index (κ1) is 22.7. The molecule has 26 heavy (non-hydrogen) atoms. The Labute approximate surface area is 162 Å². The van der Waals surface area contributed by atoms with Crippen LogP contribution in [0.4, 0.5) is 0 Å². The molecule has 1 saturated heterocycles. The van der Waals surface area contributed by atoms with Gasteiger partial charge in [-0.15, -0.1) is 12.4 Å². The molecule has 1 heterocycles. The van der Waals surface area contributed by atoms with Gasteiger partial charge in [-0.05, 0) is 56.1 Å². The van der Waals surface area contributed by atoms with Gasteiger partial charge in [0.05, 0.1) is 17.9 Å². The number of piperidine rings is 1. The van der Waals surface area contributed by atoms with Gasteiger partial charge in [-0.3, -0.25) is 4.79 Å². The van der Waals surface area contributed by atoms with Crippen molar-refractivity contribution in [3.63, 3.8) is 0 Å². The van der Waals surface area contributed by atoms with Crippen LogP contribution in [-0.4, -0.2) is 58.3 Å². The number of hydrogen-bond acceptors (Lipinski definition) is 5. The third-order valence-corrected chi connectivity index (χ3v) is 5.62. The average molecular weight is 405 g/mol. The first-order valence-corrected chi connectivity index (χ1v) is 10.7. The summed E-state index contributed by atoms with van der Waals surface area (Å²) in [5.74, 6) is 1.35. The molecule has 1 amide bonds. The first-order chi connectivity index (χ1) is 11.9. The Hall–Kier alpha value is -1.31. The number of halogens is 1. The zero-order valence-corrected chi connectivity index (χ0v) is 17.1. The van der Waals surface area contributed by atoms with Crippen molar-refractivity contribution in [1.29, 1.82) is 0 Å². The van der Waals surface area contributed by atoms with Crippen LogP contribution in [0.25, 0.3) is 0 Å². The molecule has 1 aromatic rings. The van der Waals surface area contributed by atoms with Crippen molar-refractivity contribution in [2.45, 2.75) is 31.1 Å². The maximum atomic E-state index is 12.2. The van der Waals surface area contributed by atoms with Gasteiger partial charge in [0.25, 0.3) is 0 Å². The lowest BCUT2D eigenvalue weighted by atomic mass is 9.96. The predicted octanol–water partition coefficient (Wildman–Crippen LogP) is 2.13. The van der Waals surface area contributed by atoms with E-state index in [0.717, 1.165) is 39.0 Å². The molecule has 1 fully saturated rings. The number of likely N-dealkylation sites (tertiary alicyclic amines) is 1. The molecule has 0 bridgehead atoms. The molecule has 0 aromatic heterocycles. The Balaban J connectivity index is 0.00000338. The standard InChI is InChI=1S/C18H28N2O4S.ClH/c1-3-19-14-15-8-11-20(12-9-15)18(21)10-13-24-16-4-6-17(7-5-16)25(2,22)23;/h4-7,15,19H,3,8-14H2,1-2H3;1H. The fraction of sp³-hybridized carbons (Fsp3) is 0.611. The highest BCUT2D eigenvalue weighted by Crippen LogP contribution is 2.18. The second kappa shape index (κ2) is 10.7. The van der Waals surface area contributed by atoms with Crippen LogP contribution in [0.2, 0.25) is 0 Å². The van der Waals surface area contributed by atoms with Gasteiger partial charge in [-0.25, -0.2) is 8.42 Å². The molecule has 0 aliphatic carbocycles. The Bertz CT molecular complexity index is 656. The third-order valence-electron chi connectivity index (χ3n) is 4.49. The fourth-order valence-corrected chi connectivity index (χ4v) is 3.56. The molecule has 0 atom stereocenters. The summed E-state index contributed by atoms with van der Waals surface area (Å²) in [6.07, 6.45) is 3.60. The van der Waals surface area contributed by atoms with E-state index < -0.39 is 9.84 Å². The minimum Gasteiger partial charge on any atom is -0.493 e. The summed E-state index contributed by atoms with van der Waals surface area (Å²) in [5, 5.41) is 3.37. The van der Waals surface area contributed by atoms with Gasteiger partial charge in [0.1, 0.15) is 5.75 Å². The SMILES string of the molecule is CCNCC1CCN(C(=O)CCOc2ccc(S(C)(=O)=O)cc2)CC1.Cl. The molecule has 0 unspecified atom stereocenters. The number of amides is 1. The number of carbonyl (C=O) groups is 1. The van der Waals surface area contributed by atoms with Crippen LogP contribution in [0, 0.1) is 5.92 Å². The van der Waals surface area contributed by atoms with Gasteiger partial charge in [0.15, 0.2) is 9.84 Å². The van der Waals surface area contributed by atoms with Gasteiger partial charge >= 0.3 is 0 Å². The zero-order chi connectivity index (χ0) is 18.3. The number of carbonyl (C=O) groups excluding carboxylic acids is 1. The van der Waals surface area contributed by atoms with Crippen LogP contribution in [0.1, 0.15) is 26.2 Å². The zero-order valence-electron chi connectivity index (χ0n) is 15.4. The number of sulfone groups is 1. The molecular weight excluding hydrogens is 376 g/mol. The molecule has 0 spiro atoms. The average Bonchev–Trinajstić information content (AvgIpc) is 2.60. The minimum absolute atomic E-state index is 0. The van der Waals surface area contributed by atoms with E-state index >= 15 is 0 Å². The van der Waals surface area contributed by atoms with Crippen molar-refractivity contribution in [2.75, 3.05) is 39.0 Å². The Kier molecular flexibility index (Phi) is 9.39. The van der Waals surface area contributed by atoms with Crippen molar-refractivity contribution in [2.24, 2.45) is 5.92 Å². The molecule has 1 aromatic carbocycles. The molecule has 8 heteroatoms. The van der Waals surface area contributed by atoms with Crippen LogP contribution < -0.4 is 10.1 Å². The van der Waals surface area contributed by atoms with Crippen LogP contribution in [-0.2, 0) is 14.6 Å². The second-order valence-corrected chi connectivity index (χ2v) is 8.49. The van der Waals surface area contributed by atoms with E-state index in [1.807, 2.05) is 4.90 Å². The number of hydrogen-bond donors (Lipinski definition) is 1. The quantitative estimate of drug-likeness (QED) is 0.718. The van der Waals surface area contributed by atoms with Gasteiger partial charge in [0.2, 0.25) is 5.91 Å². The largest absolute Gasteiger partial charge is 0.493 e. The molecule has 1 N–H and O–H groups in total. The third kappa shape index (κ3) is 7.13. The lowest BCUT2D eigenvalue weighted by Gasteiger charge is -2.32. The van der Waals surface area contributed by atoms with E-state index in [1.165, 1.54) is 18.4 Å². The summed E-state index contributed by atoms with van der Waals surface area (Å²) < 4.78 is 28.4. The monoisotopic (exact) mass is 404 g/mol. The van der Waals surface area contributed by atoms with Crippen molar-refractivity contribution in [1.82, 2.24) is 10.2 Å². The van der Waals surface area contributed by atoms with Gasteiger partial charge < -0.3 is 15.0 Å². The predicted molar refractivity (Wildman–Crippen MR) is 105 cm³/mol. The van der Waals surface area contributed by atoms with E-state index in [9.17, 15) is 13.2 Å². The Morgan fingerprint density at radius 2 is 1.85 bits per heavy atom. The highest BCUT2D eigenvalue weighted by molar-refractivity contribution is 7.90. The molecule has 0 radical (unpaired) electrons. The molecule has 6 nitrogen and oxygen atoms in total. The van der Waals surface area contributed by atoms with Crippen LogP contribution in [0.15, 0.2) is 29.2 Å². The summed E-state index contributed by atoms with van der Waals surface area (Å²) in [5.41, 5.74) is 0. The van der Waals surface area contributed by atoms with Crippen LogP contribution >= 0.6 is 12.4 Å². The fourth-order valence-electron chi connectivity index (χ4n) is 2.93. The topological polar surface area (TPSA) is 75.7 Å². The number of ether oxygens (including phenoxy) is 1. The lowest BCUT2D eigenvalue weighted by molar-refractivity contribution is -0.133. The number of benzene rings is 1. The van der Waals surface area contributed by atoms with Crippen molar-refractivity contribution in [3.8, 4) is 5.75 Å². The van der Waals surface area contributed by atoms with Gasteiger partial charge in [-0.1, -0.05) is 6.92 Å². The van der Waals surface area contributed by atoms with Crippen LogP contribution in [0.3, 0.4) is 0 Å². The molecule has 1 aliphatic heterocycles. The molecule has 148 valence electrons. The van der Waals surface area contributed by atoms with E-state index in [1.54, 1.807) is 12.1 Å².